The van der Waals surface area contributed by atoms with Crippen molar-refractivity contribution in [3.63, 3.8) is 0 Å². The van der Waals surface area contributed by atoms with Crippen LogP contribution < -0.4 is 23.8 Å². The molecule has 0 N–H and O–H groups in total. The van der Waals surface area contributed by atoms with Crippen LogP contribution in [0.15, 0.2) is 84.9 Å². The predicted molar refractivity (Wildman–Crippen MR) is 149 cm³/mol. The molecule has 41 heavy (non-hydrogen) atoms. The molecule has 8 rings (SSSR count). The minimum Gasteiger partial charge on any atom is -0.495 e. The summed E-state index contributed by atoms with van der Waals surface area (Å²) < 4.78 is 22.6. The van der Waals surface area contributed by atoms with E-state index >= 15 is 0 Å². The summed E-state index contributed by atoms with van der Waals surface area (Å²) >= 11 is 0. The molecule has 0 bridgehead atoms. The van der Waals surface area contributed by atoms with Crippen molar-refractivity contribution < 1.29 is 33.3 Å². The molecule has 4 aliphatic rings. The van der Waals surface area contributed by atoms with E-state index in [1.165, 1.54) is 12.0 Å². The van der Waals surface area contributed by atoms with Crippen molar-refractivity contribution in [2.75, 3.05) is 18.8 Å². The van der Waals surface area contributed by atoms with Crippen LogP contribution in [0.5, 0.6) is 23.0 Å². The Bertz CT molecular complexity index is 1840. The predicted octanol–water partition coefficient (Wildman–Crippen LogP) is 5.10. The molecule has 202 valence electrons. The fourth-order valence-electron chi connectivity index (χ4n) is 6.79. The van der Waals surface area contributed by atoms with Crippen LogP contribution >= 0.6 is 0 Å². The fourth-order valence-corrected chi connectivity index (χ4v) is 6.79. The van der Waals surface area contributed by atoms with Crippen molar-refractivity contribution in [1.82, 2.24) is 0 Å². The number of ether oxygens (including phenoxy) is 4. The number of nitrogens with zero attached hydrogens (tertiary/aromatic N) is 1. The molecule has 1 aliphatic carbocycles. The van der Waals surface area contributed by atoms with Gasteiger partial charge >= 0.3 is 5.97 Å². The van der Waals surface area contributed by atoms with E-state index in [1.807, 2.05) is 60.7 Å². The quantitative estimate of drug-likeness (QED) is 0.201. The van der Waals surface area contributed by atoms with Crippen molar-refractivity contribution in [2.45, 2.75) is 5.92 Å². The van der Waals surface area contributed by atoms with Gasteiger partial charge in [0.2, 0.25) is 18.6 Å². The highest BCUT2D eigenvalue weighted by Crippen LogP contribution is 2.56. The van der Waals surface area contributed by atoms with Gasteiger partial charge in [-0.15, -0.1) is 0 Å². The van der Waals surface area contributed by atoms with Gasteiger partial charge in [0.05, 0.1) is 30.6 Å². The van der Waals surface area contributed by atoms with Gasteiger partial charge in [0.1, 0.15) is 11.5 Å². The van der Waals surface area contributed by atoms with E-state index in [9.17, 15) is 14.4 Å². The lowest BCUT2D eigenvalue weighted by Gasteiger charge is -2.38. The number of hydrogen-bond acceptors (Lipinski definition) is 7. The van der Waals surface area contributed by atoms with Crippen LogP contribution in [0.3, 0.4) is 0 Å². The fraction of sp³-hybridized carbons (Fsp3) is 0.182. The molecule has 0 aromatic heterocycles. The Morgan fingerprint density at radius 2 is 1.61 bits per heavy atom. The van der Waals surface area contributed by atoms with Crippen molar-refractivity contribution >= 4 is 39.8 Å². The average Bonchev–Trinajstić information content (AvgIpc) is 3.58. The van der Waals surface area contributed by atoms with E-state index in [0.29, 0.717) is 34.3 Å². The Kier molecular flexibility index (Phi) is 5.04. The molecule has 0 radical (unpaired) electrons. The molecule has 0 spiro atoms. The lowest BCUT2D eigenvalue weighted by Crippen LogP contribution is -2.42. The Hall–Kier alpha value is -5.11. The smallest absolute Gasteiger partial charge is 0.319 e. The highest BCUT2D eigenvalue weighted by Gasteiger charge is 2.60. The van der Waals surface area contributed by atoms with Gasteiger partial charge in [-0.25, -0.2) is 4.90 Å². The number of methoxy groups -OCH3 is 1. The maximum atomic E-state index is 14.3. The second kappa shape index (κ2) is 8.69. The number of carbonyl (C=O) groups is 3. The first-order chi connectivity index (χ1) is 20.0. The first-order valence-corrected chi connectivity index (χ1v) is 13.4. The zero-order valence-electron chi connectivity index (χ0n) is 21.9. The minimum atomic E-state index is -0.963. The van der Waals surface area contributed by atoms with Crippen molar-refractivity contribution in [1.29, 1.82) is 0 Å². The third kappa shape index (κ3) is 3.30. The summed E-state index contributed by atoms with van der Waals surface area (Å²) in [6.45, 7) is 0.115. The van der Waals surface area contributed by atoms with Crippen LogP contribution in [0.25, 0.3) is 16.3 Å². The number of benzene rings is 4. The number of esters is 1. The summed E-state index contributed by atoms with van der Waals surface area (Å²) in [5, 5.41) is 1.75. The van der Waals surface area contributed by atoms with Crippen LogP contribution in [-0.2, 0) is 14.4 Å². The second-order valence-corrected chi connectivity index (χ2v) is 10.6. The van der Waals surface area contributed by atoms with E-state index in [0.717, 1.165) is 21.9 Å². The molecule has 2 amide bonds. The monoisotopic (exact) mass is 545 g/mol. The van der Waals surface area contributed by atoms with Gasteiger partial charge in [0, 0.05) is 16.9 Å². The standard InChI is InChI=1S/C33H23NO7/c1-38-24-9-5-4-8-23(24)34-31(35)27-21(18-11-13-25-26(14-18)40-16-39-25)15-22-20-12-10-17-6-2-3-7-19(17)30(20)41-33(37)28(22)29(27)32(34)36/h2-15,21,27-29H,16H2,1H3/t21-,27-,28-,29+/m1/s1. The molecule has 1 saturated heterocycles. The molecule has 3 aliphatic heterocycles. The van der Waals surface area contributed by atoms with E-state index in [2.05, 4.69) is 0 Å². The van der Waals surface area contributed by atoms with Crippen LogP contribution in [0.1, 0.15) is 17.0 Å². The molecule has 4 atom stereocenters. The van der Waals surface area contributed by atoms with Gasteiger partial charge in [-0.2, -0.15) is 0 Å². The van der Waals surface area contributed by atoms with E-state index in [-0.39, 0.29) is 12.7 Å². The van der Waals surface area contributed by atoms with Gasteiger partial charge in [-0.3, -0.25) is 14.4 Å². The van der Waals surface area contributed by atoms with Crippen molar-refractivity contribution in [2.24, 2.45) is 17.8 Å². The van der Waals surface area contributed by atoms with Gasteiger partial charge in [-0.05, 0) is 40.8 Å². The molecular weight excluding hydrogens is 522 g/mol. The van der Waals surface area contributed by atoms with Gasteiger partial charge < -0.3 is 18.9 Å². The third-order valence-electron chi connectivity index (χ3n) is 8.59. The SMILES string of the molecule is COc1ccccc1N1C(=O)[C@@H]2[C@@H]3C(=O)Oc4c(ccc5ccccc45)C3=C[C@H](c3ccc4c(c3)OCO4)[C@H]2C1=O. The zero-order valence-corrected chi connectivity index (χ0v) is 21.9. The van der Waals surface area contributed by atoms with E-state index in [4.69, 9.17) is 18.9 Å². The summed E-state index contributed by atoms with van der Waals surface area (Å²) in [7, 11) is 1.49. The van der Waals surface area contributed by atoms with Gasteiger partial charge in [0.25, 0.3) is 0 Å². The van der Waals surface area contributed by atoms with Crippen molar-refractivity contribution in [3.8, 4) is 23.0 Å². The Morgan fingerprint density at radius 1 is 0.829 bits per heavy atom. The summed E-state index contributed by atoms with van der Waals surface area (Å²) in [5.41, 5.74) is 2.57. The average molecular weight is 546 g/mol. The molecular formula is C33H23NO7. The van der Waals surface area contributed by atoms with Crippen LogP contribution in [0, 0.1) is 17.8 Å². The van der Waals surface area contributed by atoms with Crippen LogP contribution in [-0.4, -0.2) is 31.7 Å². The zero-order chi connectivity index (χ0) is 27.8. The largest absolute Gasteiger partial charge is 0.495 e. The van der Waals surface area contributed by atoms with Crippen molar-refractivity contribution in [3.05, 3.63) is 96.1 Å². The lowest BCUT2D eigenvalue weighted by atomic mass is 9.64. The molecule has 8 nitrogen and oxygen atoms in total. The molecule has 8 heteroatoms. The summed E-state index contributed by atoms with van der Waals surface area (Å²) in [4.78, 5) is 43.5. The maximum Gasteiger partial charge on any atom is 0.319 e. The highest BCUT2D eigenvalue weighted by molar-refractivity contribution is 6.25. The number of fused-ring (bicyclic) bond motifs is 8. The topological polar surface area (TPSA) is 91.4 Å². The Labute approximate surface area is 234 Å². The minimum absolute atomic E-state index is 0.115. The number of hydrogen-bond donors (Lipinski definition) is 0. The lowest BCUT2D eigenvalue weighted by molar-refractivity contribution is -0.142. The summed E-state index contributed by atoms with van der Waals surface area (Å²) in [5.74, 6) is -2.57. The molecule has 0 saturated carbocycles. The number of amides is 2. The number of para-hydroxylation sites is 2. The Morgan fingerprint density at radius 3 is 2.49 bits per heavy atom. The highest BCUT2D eigenvalue weighted by atomic mass is 16.7. The van der Waals surface area contributed by atoms with E-state index in [1.54, 1.807) is 24.3 Å². The molecule has 4 aromatic rings. The first kappa shape index (κ1) is 23.7. The maximum absolute atomic E-state index is 14.3. The molecule has 3 heterocycles. The number of allylic oxidation sites excluding steroid dienone is 1. The molecule has 1 fully saturated rings. The normalized spacial score (nSPS) is 24.0. The van der Waals surface area contributed by atoms with Crippen LogP contribution in [0.4, 0.5) is 5.69 Å². The van der Waals surface area contributed by atoms with Gasteiger partial charge in [0.15, 0.2) is 11.5 Å². The number of imide groups is 1. The second-order valence-electron chi connectivity index (χ2n) is 10.6. The van der Waals surface area contributed by atoms with E-state index < -0.39 is 35.5 Å². The molecule has 4 aromatic carbocycles. The number of rotatable bonds is 3. The third-order valence-corrected chi connectivity index (χ3v) is 8.59. The van der Waals surface area contributed by atoms with Gasteiger partial charge in [-0.1, -0.05) is 60.7 Å². The van der Waals surface area contributed by atoms with Crippen LogP contribution in [0.2, 0.25) is 0 Å². The molecule has 0 unspecified atom stereocenters. The number of carbonyl (C=O) groups excluding carboxylic acids is 3. The Balaban J connectivity index is 1.35. The first-order valence-electron chi connectivity index (χ1n) is 13.4. The number of anilines is 1. The summed E-state index contributed by atoms with van der Waals surface area (Å²) in [6.07, 6.45) is 1.97. The summed E-state index contributed by atoms with van der Waals surface area (Å²) in [6, 6.07) is 24.1.